The summed E-state index contributed by atoms with van der Waals surface area (Å²) in [4.78, 5) is 23.9. The molecule has 274 valence electrons. The number of amides is 1. The number of aliphatic hydroxyl groups is 1. The first-order valence-corrected chi connectivity index (χ1v) is 18.1. The van der Waals surface area contributed by atoms with Crippen molar-refractivity contribution in [1.29, 1.82) is 0 Å². The number of nitrogens with zero attached hydrogens (tertiary/aromatic N) is 2. The van der Waals surface area contributed by atoms with Crippen molar-refractivity contribution >= 4 is 21.8 Å². The molecule has 3 aromatic carbocycles. The molecule has 16 heteroatoms. The van der Waals surface area contributed by atoms with Gasteiger partial charge >= 0.3 is 6.09 Å². The van der Waals surface area contributed by atoms with Crippen LogP contribution >= 0.6 is 0 Å². The molecule has 15 nitrogen and oxygen atoms in total. The molecule has 3 heterocycles. The van der Waals surface area contributed by atoms with Crippen molar-refractivity contribution < 1.29 is 51.7 Å². The van der Waals surface area contributed by atoms with Gasteiger partial charge in [0.15, 0.2) is 17.8 Å². The lowest BCUT2D eigenvalue weighted by atomic mass is 10.0. The third-order valence-electron chi connectivity index (χ3n) is 8.86. The van der Waals surface area contributed by atoms with Gasteiger partial charge < -0.3 is 38.8 Å². The van der Waals surface area contributed by atoms with Gasteiger partial charge in [0.2, 0.25) is 16.8 Å². The van der Waals surface area contributed by atoms with E-state index in [1.54, 1.807) is 36.4 Å². The molecule has 51 heavy (non-hydrogen) atoms. The Balaban J connectivity index is 1.17. The van der Waals surface area contributed by atoms with Crippen LogP contribution in [-0.2, 0) is 37.3 Å². The van der Waals surface area contributed by atoms with Gasteiger partial charge in [0, 0.05) is 31.3 Å². The Morgan fingerprint density at radius 1 is 1.04 bits per heavy atom. The largest absolute Gasteiger partial charge is 0.489 e. The number of benzene rings is 3. The van der Waals surface area contributed by atoms with Gasteiger partial charge in [-0.3, -0.25) is 10.1 Å². The predicted molar refractivity (Wildman–Crippen MR) is 181 cm³/mol. The maximum absolute atomic E-state index is 13.9. The quantitative estimate of drug-likeness (QED) is 0.170. The van der Waals surface area contributed by atoms with E-state index in [0.29, 0.717) is 41.4 Å². The van der Waals surface area contributed by atoms with Crippen molar-refractivity contribution in [3.8, 4) is 17.2 Å². The number of rotatable bonds is 15. The summed E-state index contributed by atoms with van der Waals surface area (Å²) in [6.45, 7) is 4.30. The molecule has 3 aliphatic heterocycles. The van der Waals surface area contributed by atoms with Crippen molar-refractivity contribution in [3.63, 3.8) is 0 Å². The van der Waals surface area contributed by atoms with Crippen LogP contribution in [0.15, 0.2) is 71.6 Å². The van der Waals surface area contributed by atoms with Gasteiger partial charge in [0.05, 0.1) is 41.1 Å². The summed E-state index contributed by atoms with van der Waals surface area (Å²) >= 11 is 0. The van der Waals surface area contributed by atoms with Crippen LogP contribution in [0.3, 0.4) is 0 Å². The molecule has 3 aromatic rings. The summed E-state index contributed by atoms with van der Waals surface area (Å²) in [7, 11) is -4.11. The highest BCUT2D eigenvalue weighted by atomic mass is 32.2. The predicted octanol–water partition coefficient (Wildman–Crippen LogP) is 4.01. The molecule has 0 aromatic heterocycles. The first kappa shape index (κ1) is 36.3. The minimum absolute atomic E-state index is 0.0109. The number of ether oxygens (including phenoxy) is 6. The van der Waals surface area contributed by atoms with E-state index in [4.69, 9.17) is 28.4 Å². The van der Waals surface area contributed by atoms with Gasteiger partial charge in [-0.15, -0.1) is 0 Å². The number of hydrogen-bond acceptors (Lipinski definition) is 12. The molecule has 0 bridgehead atoms. The van der Waals surface area contributed by atoms with Gasteiger partial charge in [-0.05, 0) is 54.2 Å². The molecule has 3 unspecified atom stereocenters. The van der Waals surface area contributed by atoms with E-state index in [2.05, 4.69) is 5.32 Å². The first-order valence-electron chi connectivity index (χ1n) is 16.7. The van der Waals surface area contributed by atoms with Crippen LogP contribution in [0.1, 0.15) is 31.4 Å². The highest BCUT2D eigenvalue weighted by Gasteiger charge is 2.44. The Bertz CT molecular complexity index is 1810. The van der Waals surface area contributed by atoms with Crippen molar-refractivity contribution in [2.75, 3.05) is 33.1 Å². The highest BCUT2D eigenvalue weighted by Crippen LogP contribution is 2.35. The number of nitro benzene ring substituents is 1. The molecular weight excluding hydrogens is 686 g/mol. The molecular formula is C35H41N3O12S. The fourth-order valence-electron chi connectivity index (χ4n) is 6.26. The lowest BCUT2D eigenvalue weighted by molar-refractivity contribution is -0.384. The average molecular weight is 728 g/mol. The molecule has 2 N–H and O–H groups in total. The zero-order chi connectivity index (χ0) is 36.1. The van der Waals surface area contributed by atoms with Gasteiger partial charge in [-0.2, -0.15) is 4.31 Å². The number of hydrogen-bond donors (Lipinski definition) is 2. The number of alkyl carbamates (subject to hydrolysis) is 1. The molecule has 0 radical (unpaired) electrons. The van der Waals surface area contributed by atoms with Gasteiger partial charge in [0.1, 0.15) is 18.5 Å². The number of carbonyl (C=O) groups is 1. The van der Waals surface area contributed by atoms with Crippen LogP contribution in [0, 0.1) is 22.0 Å². The Hall–Kier alpha value is -4.48. The zero-order valence-electron chi connectivity index (χ0n) is 28.2. The Kier molecular flexibility index (Phi) is 11.3. The SMILES string of the molecule is CC(C)CN(C[C@@H](O)[C@H](Cc1ccc(OCc2cccc([N+](=O)[O-])c2)cc1)NC(=O)OC1COC2OCCC12)S(=O)(=O)c1ccc2c(c1)OCO2. The van der Waals surface area contributed by atoms with Crippen LogP contribution < -0.4 is 19.5 Å². The lowest BCUT2D eigenvalue weighted by Crippen LogP contribution is -2.51. The molecule has 0 saturated carbocycles. The van der Waals surface area contributed by atoms with E-state index in [-0.39, 0.29) is 61.9 Å². The van der Waals surface area contributed by atoms with Gasteiger partial charge in [-0.25, -0.2) is 13.2 Å². The molecule has 6 rings (SSSR count). The van der Waals surface area contributed by atoms with Crippen molar-refractivity contribution in [1.82, 2.24) is 9.62 Å². The number of carbonyl (C=O) groups excluding carboxylic acids is 1. The molecule has 5 atom stereocenters. The molecule has 0 aliphatic carbocycles. The second kappa shape index (κ2) is 15.8. The monoisotopic (exact) mass is 727 g/mol. The van der Waals surface area contributed by atoms with Crippen LogP contribution in [0.4, 0.5) is 10.5 Å². The average Bonchev–Trinajstić information content (AvgIpc) is 3.86. The standard InChI is InChI=1S/C35H41N3O12S/c1-22(2)17-37(51(43,44)27-10-11-31-32(16-27)49-21-48-31)18-30(39)29(36-35(40)50-33-20-47-34-28(33)12-13-45-34)15-23-6-8-26(9-7-23)46-19-24-4-3-5-25(14-24)38(41)42/h3-11,14,16,22,28-30,33-34,39H,12-13,15,17-21H2,1-2H3,(H,36,40)/t28?,29-,30+,33?,34?/m0/s1. The minimum atomic E-state index is -4.11. The summed E-state index contributed by atoms with van der Waals surface area (Å²) in [5.74, 6) is 1.07. The van der Waals surface area contributed by atoms with E-state index in [0.717, 1.165) is 0 Å². The minimum Gasteiger partial charge on any atom is -0.489 e. The Morgan fingerprint density at radius 3 is 2.59 bits per heavy atom. The third-order valence-corrected chi connectivity index (χ3v) is 10.7. The summed E-state index contributed by atoms with van der Waals surface area (Å²) in [6.07, 6.45) is -2.27. The van der Waals surface area contributed by atoms with Crippen molar-refractivity contribution in [2.24, 2.45) is 11.8 Å². The number of non-ortho nitro benzene ring substituents is 1. The normalized spacial score (nSPS) is 20.6. The van der Waals surface area contributed by atoms with E-state index < -0.39 is 45.6 Å². The highest BCUT2D eigenvalue weighted by molar-refractivity contribution is 7.89. The van der Waals surface area contributed by atoms with Crippen LogP contribution in [0.5, 0.6) is 17.2 Å². The summed E-state index contributed by atoms with van der Waals surface area (Å²) in [6, 6.07) is 16.5. The Morgan fingerprint density at radius 2 is 1.82 bits per heavy atom. The molecule has 2 saturated heterocycles. The first-order chi connectivity index (χ1) is 24.5. The van der Waals surface area contributed by atoms with Crippen LogP contribution in [-0.4, -0.2) is 86.5 Å². The van der Waals surface area contributed by atoms with E-state index in [9.17, 15) is 28.4 Å². The van der Waals surface area contributed by atoms with Crippen LogP contribution in [0.25, 0.3) is 0 Å². The molecule has 1 amide bonds. The number of fused-ring (bicyclic) bond motifs is 2. The number of nitrogens with one attached hydrogen (secondary N) is 1. The maximum atomic E-state index is 13.9. The lowest BCUT2D eigenvalue weighted by Gasteiger charge is -2.31. The second-order valence-corrected chi connectivity index (χ2v) is 15.0. The fourth-order valence-corrected chi connectivity index (χ4v) is 7.89. The van der Waals surface area contributed by atoms with Crippen molar-refractivity contribution in [3.05, 3.63) is 88.0 Å². The fraction of sp³-hybridized carbons (Fsp3) is 0.457. The van der Waals surface area contributed by atoms with Crippen molar-refractivity contribution in [2.45, 2.75) is 62.7 Å². The van der Waals surface area contributed by atoms with Gasteiger partial charge in [-0.1, -0.05) is 38.1 Å². The summed E-state index contributed by atoms with van der Waals surface area (Å²) < 4.78 is 62.5. The smallest absolute Gasteiger partial charge is 0.407 e. The van der Waals surface area contributed by atoms with E-state index in [1.807, 2.05) is 13.8 Å². The number of aliphatic hydroxyl groups excluding tert-OH is 1. The van der Waals surface area contributed by atoms with E-state index >= 15 is 0 Å². The molecule has 3 aliphatic rings. The van der Waals surface area contributed by atoms with E-state index in [1.165, 1.54) is 34.6 Å². The Labute approximate surface area is 295 Å². The van der Waals surface area contributed by atoms with Crippen LogP contribution in [0.2, 0.25) is 0 Å². The molecule has 2 fully saturated rings. The number of sulfonamides is 1. The zero-order valence-corrected chi connectivity index (χ0v) is 29.0. The number of nitro groups is 1. The summed E-state index contributed by atoms with van der Waals surface area (Å²) in [5, 5.41) is 25.6. The summed E-state index contributed by atoms with van der Waals surface area (Å²) in [5.41, 5.74) is 1.31. The van der Waals surface area contributed by atoms with Gasteiger partial charge in [0.25, 0.3) is 5.69 Å². The maximum Gasteiger partial charge on any atom is 0.407 e. The second-order valence-electron chi connectivity index (χ2n) is 13.1. The molecule has 0 spiro atoms. The third kappa shape index (κ3) is 8.88. The topological polar surface area (TPSA) is 185 Å².